The van der Waals surface area contributed by atoms with Crippen LogP contribution in [0.4, 0.5) is 4.39 Å². The number of halogens is 1. The van der Waals surface area contributed by atoms with Crippen LogP contribution in [-0.2, 0) is 14.3 Å². The van der Waals surface area contributed by atoms with Gasteiger partial charge in [-0.05, 0) is 55.0 Å². The van der Waals surface area contributed by atoms with Crippen LogP contribution in [0.2, 0.25) is 0 Å². The fourth-order valence-electron chi connectivity index (χ4n) is 4.09. The molecule has 0 aliphatic heterocycles. The van der Waals surface area contributed by atoms with E-state index in [-0.39, 0.29) is 30.5 Å². The summed E-state index contributed by atoms with van der Waals surface area (Å²) < 4.78 is 18.6. The number of aromatic nitrogens is 1. The molecule has 5 nitrogen and oxygen atoms in total. The van der Waals surface area contributed by atoms with Crippen LogP contribution in [0, 0.1) is 17.7 Å². The van der Waals surface area contributed by atoms with Gasteiger partial charge in [0, 0.05) is 23.6 Å². The number of pyridine rings is 1. The standard InChI is InChI=1S/C27H26FNO4/c1-2-33-27(32)26(18-7-8-18)24(31)15-21(30)14-11-19-16-29-23-6-4-3-5-22(23)25(19)17-9-12-20(28)13-10-17/h3-6,9-14,16,18,21,26,30H,2,7-8,15H2,1H3. The van der Waals surface area contributed by atoms with Crippen molar-refractivity contribution in [2.75, 3.05) is 6.61 Å². The molecule has 170 valence electrons. The number of nitrogens with zero attached hydrogens (tertiary/aromatic N) is 1. The van der Waals surface area contributed by atoms with E-state index in [4.69, 9.17) is 4.74 Å². The molecule has 0 saturated heterocycles. The molecule has 1 aliphatic carbocycles. The summed E-state index contributed by atoms with van der Waals surface area (Å²) in [5.41, 5.74) is 3.21. The van der Waals surface area contributed by atoms with E-state index in [1.54, 1.807) is 31.3 Å². The molecular weight excluding hydrogens is 421 g/mol. The lowest BCUT2D eigenvalue weighted by molar-refractivity contribution is -0.152. The molecule has 2 aromatic carbocycles. The minimum atomic E-state index is -1.05. The number of ether oxygens (including phenoxy) is 1. The first-order valence-electron chi connectivity index (χ1n) is 11.2. The first-order valence-corrected chi connectivity index (χ1v) is 11.2. The number of aliphatic hydroxyl groups is 1. The van der Waals surface area contributed by atoms with Crippen LogP contribution in [-0.4, -0.2) is 34.6 Å². The Bertz CT molecular complexity index is 1180. The summed E-state index contributed by atoms with van der Waals surface area (Å²) in [6, 6.07) is 13.9. The van der Waals surface area contributed by atoms with Gasteiger partial charge in [-0.15, -0.1) is 0 Å². The number of hydrogen-bond acceptors (Lipinski definition) is 5. The number of fused-ring (bicyclic) bond motifs is 1. The van der Waals surface area contributed by atoms with Crippen molar-refractivity contribution in [1.29, 1.82) is 0 Å². The van der Waals surface area contributed by atoms with Crippen LogP contribution in [0.3, 0.4) is 0 Å². The van der Waals surface area contributed by atoms with E-state index in [0.29, 0.717) is 0 Å². The van der Waals surface area contributed by atoms with Crippen molar-refractivity contribution in [3.05, 3.63) is 72.2 Å². The Labute approximate surface area is 191 Å². The third-order valence-electron chi connectivity index (χ3n) is 5.83. The van der Waals surface area contributed by atoms with Gasteiger partial charge in [-0.25, -0.2) is 4.39 Å². The fourth-order valence-corrected chi connectivity index (χ4v) is 4.09. The minimum absolute atomic E-state index is 0.0162. The molecule has 0 bridgehead atoms. The molecule has 1 aromatic heterocycles. The molecule has 0 spiro atoms. The van der Waals surface area contributed by atoms with Gasteiger partial charge in [-0.2, -0.15) is 0 Å². The van der Waals surface area contributed by atoms with Gasteiger partial charge in [0.05, 0.1) is 18.2 Å². The van der Waals surface area contributed by atoms with Crippen molar-refractivity contribution in [3.63, 3.8) is 0 Å². The van der Waals surface area contributed by atoms with Crippen LogP contribution in [0.1, 0.15) is 31.7 Å². The highest BCUT2D eigenvalue weighted by atomic mass is 19.1. The predicted octanol–water partition coefficient (Wildman–Crippen LogP) is 4.96. The van der Waals surface area contributed by atoms with Crippen molar-refractivity contribution in [1.82, 2.24) is 4.98 Å². The van der Waals surface area contributed by atoms with Gasteiger partial charge in [-0.1, -0.05) is 42.5 Å². The Morgan fingerprint density at radius 2 is 1.91 bits per heavy atom. The normalized spacial score (nSPS) is 15.5. The summed E-state index contributed by atoms with van der Waals surface area (Å²) in [7, 11) is 0. The molecule has 0 amide bonds. The van der Waals surface area contributed by atoms with Crippen molar-refractivity contribution in [3.8, 4) is 11.1 Å². The Morgan fingerprint density at radius 1 is 1.18 bits per heavy atom. The van der Waals surface area contributed by atoms with Gasteiger partial charge in [0.15, 0.2) is 0 Å². The highest BCUT2D eigenvalue weighted by Crippen LogP contribution is 2.39. The second kappa shape index (κ2) is 10.0. The molecule has 2 atom stereocenters. The molecule has 2 unspecified atom stereocenters. The van der Waals surface area contributed by atoms with Crippen LogP contribution in [0.5, 0.6) is 0 Å². The molecule has 1 heterocycles. The largest absolute Gasteiger partial charge is 0.465 e. The molecule has 1 N–H and O–H groups in total. The SMILES string of the molecule is CCOC(=O)C(C(=O)CC(O)C=Cc1cnc2ccccc2c1-c1ccc(F)cc1)C1CC1. The van der Waals surface area contributed by atoms with Crippen molar-refractivity contribution >= 4 is 28.7 Å². The number of hydrogen-bond donors (Lipinski definition) is 1. The average Bonchev–Trinajstić information content (AvgIpc) is 3.63. The molecule has 6 heteroatoms. The van der Waals surface area contributed by atoms with Gasteiger partial charge in [0.2, 0.25) is 0 Å². The fraction of sp³-hybridized carbons (Fsp3) is 0.296. The van der Waals surface area contributed by atoms with Gasteiger partial charge in [0.1, 0.15) is 17.5 Å². The maximum atomic E-state index is 13.5. The van der Waals surface area contributed by atoms with Crippen molar-refractivity contribution < 1.29 is 23.8 Å². The highest BCUT2D eigenvalue weighted by Gasteiger charge is 2.42. The number of Topliss-reactive ketones (excluding diaryl/α,β-unsaturated/α-hetero) is 1. The summed E-state index contributed by atoms with van der Waals surface area (Å²) in [6.07, 6.45) is 5.37. The van der Waals surface area contributed by atoms with E-state index < -0.39 is 18.0 Å². The quantitative estimate of drug-likeness (QED) is 0.370. The Hall–Kier alpha value is -3.38. The minimum Gasteiger partial charge on any atom is -0.465 e. The van der Waals surface area contributed by atoms with E-state index >= 15 is 0 Å². The number of esters is 1. The van der Waals surface area contributed by atoms with Crippen molar-refractivity contribution in [2.24, 2.45) is 11.8 Å². The second-order valence-electron chi connectivity index (χ2n) is 8.28. The molecule has 1 saturated carbocycles. The van der Waals surface area contributed by atoms with Gasteiger partial charge in [-0.3, -0.25) is 14.6 Å². The first kappa shape index (κ1) is 22.8. The van der Waals surface area contributed by atoms with Gasteiger partial charge < -0.3 is 9.84 Å². The number of para-hydroxylation sites is 1. The molecular formula is C27H26FNO4. The first-order chi connectivity index (χ1) is 16.0. The van der Waals surface area contributed by atoms with Gasteiger partial charge >= 0.3 is 5.97 Å². The zero-order valence-electron chi connectivity index (χ0n) is 18.4. The zero-order valence-corrected chi connectivity index (χ0v) is 18.4. The topological polar surface area (TPSA) is 76.5 Å². The third-order valence-corrected chi connectivity index (χ3v) is 5.83. The summed E-state index contributed by atoms with van der Waals surface area (Å²) in [5, 5.41) is 11.4. The molecule has 4 rings (SSSR count). The lowest BCUT2D eigenvalue weighted by Crippen LogP contribution is -2.30. The van der Waals surface area contributed by atoms with E-state index in [1.165, 1.54) is 18.2 Å². The maximum absolute atomic E-state index is 13.5. The maximum Gasteiger partial charge on any atom is 0.316 e. The van der Waals surface area contributed by atoms with E-state index in [9.17, 15) is 19.1 Å². The summed E-state index contributed by atoms with van der Waals surface area (Å²) in [4.78, 5) is 29.4. The Kier molecular flexibility index (Phi) is 6.94. The monoisotopic (exact) mass is 447 g/mol. The molecule has 33 heavy (non-hydrogen) atoms. The zero-order chi connectivity index (χ0) is 23.4. The molecule has 1 aliphatic rings. The smallest absolute Gasteiger partial charge is 0.316 e. The third kappa shape index (κ3) is 5.34. The highest BCUT2D eigenvalue weighted by molar-refractivity contribution is 6.00. The number of carbonyl (C=O) groups excluding carboxylic acids is 2. The summed E-state index contributed by atoms with van der Waals surface area (Å²) in [6.45, 7) is 1.93. The van der Waals surface area contributed by atoms with E-state index in [1.807, 2.05) is 24.3 Å². The van der Waals surface area contributed by atoms with Crippen LogP contribution >= 0.6 is 0 Å². The molecule has 0 radical (unpaired) electrons. The second-order valence-corrected chi connectivity index (χ2v) is 8.28. The Balaban J connectivity index is 1.58. The number of ketones is 1. The van der Waals surface area contributed by atoms with Crippen LogP contribution in [0.25, 0.3) is 28.1 Å². The predicted molar refractivity (Wildman–Crippen MR) is 125 cm³/mol. The lowest BCUT2D eigenvalue weighted by atomic mass is 9.93. The number of aliphatic hydroxyl groups excluding tert-OH is 1. The summed E-state index contributed by atoms with van der Waals surface area (Å²) >= 11 is 0. The molecule has 1 fully saturated rings. The lowest BCUT2D eigenvalue weighted by Gasteiger charge is -2.15. The molecule has 3 aromatic rings. The number of carbonyl (C=O) groups is 2. The van der Waals surface area contributed by atoms with Crippen LogP contribution < -0.4 is 0 Å². The summed E-state index contributed by atoms with van der Waals surface area (Å²) in [5.74, 6) is -1.91. The van der Waals surface area contributed by atoms with Crippen molar-refractivity contribution in [2.45, 2.75) is 32.3 Å². The number of benzene rings is 2. The Morgan fingerprint density at radius 3 is 2.61 bits per heavy atom. The van der Waals surface area contributed by atoms with Gasteiger partial charge in [0.25, 0.3) is 0 Å². The number of rotatable bonds is 9. The van der Waals surface area contributed by atoms with E-state index in [0.717, 1.165) is 40.4 Å². The van der Waals surface area contributed by atoms with E-state index in [2.05, 4.69) is 4.98 Å². The average molecular weight is 448 g/mol. The van der Waals surface area contributed by atoms with Crippen LogP contribution in [0.15, 0.2) is 60.8 Å².